The summed E-state index contributed by atoms with van der Waals surface area (Å²) in [6.45, 7) is 5.16. The average Bonchev–Trinajstić information content (AvgIpc) is 2.87. The molecule has 2 aromatic carbocycles. The highest BCUT2D eigenvalue weighted by Gasteiger charge is 2.20. The highest BCUT2D eigenvalue weighted by molar-refractivity contribution is 6.09. The lowest BCUT2D eigenvalue weighted by molar-refractivity contribution is 0.0948. The molecule has 4 rings (SSSR count). The van der Waals surface area contributed by atoms with E-state index in [1.807, 2.05) is 48.5 Å². The molecule has 1 amide bonds. The zero-order valence-corrected chi connectivity index (χ0v) is 19.6. The van der Waals surface area contributed by atoms with Crippen LogP contribution in [0.25, 0.3) is 10.8 Å². The minimum Gasteiger partial charge on any atom is -0.495 e. The van der Waals surface area contributed by atoms with E-state index in [2.05, 4.69) is 27.4 Å². The molecule has 0 radical (unpaired) electrons. The van der Waals surface area contributed by atoms with Crippen LogP contribution in [-0.2, 0) is 0 Å². The van der Waals surface area contributed by atoms with Crippen molar-refractivity contribution in [1.82, 2.24) is 15.2 Å². The molecule has 1 atom stereocenters. The van der Waals surface area contributed by atoms with Crippen LogP contribution in [0, 0.1) is 0 Å². The van der Waals surface area contributed by atoms with Crippen molar-refractivity contribution in [2.45, 2.75) is 45.1 Å². The van der Waals surface area contributed by atoms with Gasteiger partial charge in [-0.05, 0) is 49.7 Å². The topological polar surface area (TPSA) is 66.5 Å². The number of aromatic nitrogens is 1. The van der Waals surface area contributed by atoms with E-state index in [4.69, 9.17) is 4.74 Å². The molecule has 33 heavy (non-hydrogen) atoms. The summed E-state index contributed by atoms with van der Waals surface area (Å²) in [5, 5.41) is 8.24. The Morgan fingerprint density at radius 3 is 2.73 bits per heavy atom. The summed E-state index contributed by atoms with van der Waals surface area (Å²) in [5.41, 5.74) is 1.43. The van der Waals surface area contributed by atoms with Gasteiger partial charge in [0.15, 0.2) is 0 Å². The first-order valence-corrected chi connectivity index (χ1v) is 12.0. The van der Waals surface area contributed by atoms with Crippen molar-refractivity contribution < 1.29 is 9.53 Å². The van der Waals surface area contributed by atoms with E-state index in [0.717, 1.165) is 35.2 Å². The van der Waals surface area contributed by atoms with Gasteiger partial charge in [-0.15, -0.1) is 0 Å². The molecule has 2 heterocycles. The van der Waals surface area contributed by atoms with Gasteiger partial charge < -0.3 is 20.3 Å². The molecule has 0 saturated carbocycles. The maximum atomic E-state index is 13.0. The first kappa shape index (κ1) is 23.1. The number of anilines is 2. The molecule has 1 aliphatic rings. The second kappa shape index (κ2) is 11.1. The standard InChI is InChI=1S/C27H34N4O2/c1-3-20-11-8-9-17-31(20)18-10-16-28-27(32)23-19-29-26(22-13-5-4-12-21(22)23)30-24-14-6-7-15-25(24)33-2/h4-7,12-15,19-20H,3,8-11,16-18H2,1-2H3,(H,28,32)(H,29,30). The number of likely N-dealkylation sites (tertiary alicyclic amines) is 1. The molecule has 3 aromatic rings. The highest BCUT2D eigenvalue weighted by atomic mass is 16.5. The molecule has 0 spiro atoms. The van der Waals surface area contributed by atoms with E-state index in [9.17, 15) is 4.79 Å². The van der Waals surface area contributed by atoms with Gasteiger partial charge in [0.2, 0.25) is 0 Å². The molecule has 1 unspecified atom stereocenters. The summed E-state index contributed by atoms with van der Waals surface area (Å²) in [4.78, 5) is 20.2. The number of ether oxygens (including phenoxy) is 1. The summed E-state index contributed by atoms with van der Waals surface area (Å²) in [5.74, 6) is 1.36. The van der Waals surface area contributed by atoms with Crippen LogP contribution < -0.4 is 15.4 Å². The molecule has 1 aliphatic heterocycles. The summed E-state index contributed by atoms with van der Waals surface area (Å²) in [7, 11) is 1.65. The number of nitrogens with zero attached hydrogens (tertiary/aromatic N) is 2. The van der Waals surface area contributed by atoms with E-state index in [1.54, 1.807) is 13.3 Å². The fraction of sp³-hybridized carbons (Fsp3) is 0.407. The minimum absolute atomic E-state index is 0.0757. The Bertz CT molecular complexity index is 1080. The number of benzene rings is 2. The SMILES string of the molecule is CCC1CCCCN1CCCNC(=O)c1cnc(Nc2ccccc2OC)c2ccccc12. The van der Waals surface area contributed by atoms with Crippen molar-refractivity contribution in [1.29, 1.82) is 0 Å². The van der Waals surface area contributed by atoms with E-state index in [-0.39, 0.29) is 5.91 Å². The van der Waals surface area contributed by atoms with Crippen LogP contribution >= 0.6 is 0 Å². The van der Waals surface area contributed by atoms with Gasteiger partial charge in [0.1, 0.15) is 11.6 Å². The van der Waals surface area contributed by atoms with Gasteiger partial charge in [-0.2, -0.15) is 0 Å². The largest absolute Gasteiger partial charge is 0.495 e. The minimum atomic E-state index is -0.0757. The lowest BCUT2D eigenvalue weighted by atomic mass is 10.00. The van der Waals surface area contributed by atoms with Crippen molar-refractivity contribution in [2.75, 3.05) is 32.1 Å². The second-order valence-electron chi connectivity index (χ2n) is 8.59. The number of carbonyl (C=O) groups is 1. The van der Waals surface area contributed by atoms with E-state index >= 15 is 0 Å². The maximum Gasteiger partial charge on any atom is 0.253 e. The van der Waals surface area contributed by atoms with Crippen molar-refractivity contribution in [2.24, 2.45) is 0 Å². The first-order valence-electron chi connectivity index (χ1n) is 12.0. The van der Waals surface area contributed by atoms with Crippen molar-refractivity contribution in [3.05, 3.63) is 60.3 Å². The number of pyridine rings is 1. The van der Waals surface area contributed by atoms with Crippen molar-refractivity contribution >= 4 is 28.2 Å². The number of piperidine rings is 1. The lowest BCUT2D eigenvalue weighted by Crippen LogP contribution is -2.40. The third kappa shape index (κ3) is 5.45. The molecular formula is C27H34N4O2. The second-order valence-corrected chi connectivity index (χ2v) is 8.59. The van der Waals surface area contributed by atoms with Crippen LogP contribution in [0.3, 0.4) is 0 Å². The third-order valence-electron chi connectivity index (χ3n) is 6.53. The van der Waals surface area contributed by atoms with Crippen LogP contribution in [0.2, 0.25) is 0 Å². The number of fused-ring (bicyclic) bond motifs is 1. The molecule has 0 bridgehead atoms. The number of para-hydroxylation sites is 2. The number of rotatable bonds is 9. The fourth-order valence-electron chi connectivity index (χ4n) is 4.74. The van der Waals surface area contributed by atoms with Crippen molar-refractivity contribution in [3.63, 3.8) is 0 Å². The van der Waals surface area contributed by atoms with Crippen LogP contribution in [0.4, 0.5) is 11.5 Å². The summed E-state index contributed by atoms with van der Waals surface area (Å²) < 4.78 is 5.45. The number of methoxy groups -OCH3 is 1. The van der Waals surface area contributed by atoms with Gasteiger partial charge in [-0.3, -0.25) is 4.79 Å². The van der Waals surface area contributed by atoms with Gasteiger partial charge in [0, 0.05) is 30.7 Å². The van der Waals surface area contributed by atoms with E-state index in [0.29, 0.717) is 24.0 Å². The third-order valence-corrected chi connectivity index (χ3v) is 6.53. The molecule has 1 fully saturated rings. The number of carbonyl (C=O) groups excluding carboxylic acids is 1. The Balaban J connectivity index is 1.44. The number of hydrogen-bond donors (Lipinski definition) is 2. The molecule has 6 nitrogen and oxygen atoms in total. The maximum absolute atomic E-state index is 13.0. The molecule has 1 saturated heterocycles. The Morgan fingerprint density at radius 2 is 1.91 bits per heavy atom. The quantitative estimate of drug-likeness (QED) is 0.433. The summed E-state index contributed by atoms with van der Waals surface area (Å²) in [6, 6.07) is 16.3. The highest BCUT2D eigenvalue weighted by Crippen LogP contribution is 2.31. The molecule has 2 N–H and O–H groups in total. The monoisotopic (exact) mass is 446 g/mol. The van der Waals surface area contributed by atoms with Gasteiger partial charge in [0.25, 0.3) is 5.91 Å². The first-order chi connectivity index (χ1) is 16.2. The predicted molar refractivity (Wildman–Crippen MR) is 134 cm³/mol. The van der Waals surface area contributed by atoms with E-state index in [1.165, 1.54) is 32.2 Å². The zero-order valence-electron chi connectivity index (χ0n) is 19.6. The van der Waals surface area contributed by atoms with Gasteiger partial charge in [-0.25, -0.2) is 4.98 Å². The van der Waals surface area contributed by atoms with Gasteiger partial charge in [-0.1, -0.05) is 49.7 Å². The Labute approximate surface area is 196 Å². The molecule has 6 heteroatoms. The van der Waals surface area contributed by atoms with Gasteiger partial charge in [0.05, 0.1) is 18.4 Å². The van der Waals surface area contributed by atoms with Crippen LogP contribution in [0.5, 0.6) is 5.75 Å². The smallest absolute Gasteiger partial charge is 0.253 e. The number of hydrogen-bond acceptors (Lipinski definition) is 5. The van der Waals surface area contributed by atoms with Crippen molar-refractivity contribution in [3.8, 4) is 5.75 Å². The molecule has 0 aliphatic carbocycles. The summed E-state index contributed by atoms with van der Waals surface area (Å²) in [6.07, 6.45) is 7.76. The number of nitrogens with one attached hydrogen (secondary N) is 2. The molecular weight excluding hydrogens is 412 g/mol. The van der Waals surface area contributed by atoms with E-state index < -0.39 is 0 Å². The predicted octanol–water partition coefficient (Wildman–Crippen LogP) is 5.37. The molecule has 1 aromatic heterocycles. The van der Waals surface area contributed by atoms with Crippen LogP contribution in [-0.4, -0.2) is 48.6 Å². The fourth-order valence-corrected chi connectivity index (χ4v) is 4.74. The normalized spacial score (nSPS) is 16.5. The van der Waals surface area contributed by atoms with Crippen LogP contribution in [0.1, 0.15) is 49.4 Å². The lowest BCUT2D eigenvalue weighted by Gasteiger charge is -2.35. The van der Waals surface area contributed by atoms with Gasteiger partial charge >= 0.3 is 0 Å². The Morgan fingerprint density at radius 1 is 1.12 bits per heavy atom. The Hall–Kier alpha value is -3.12. The average molecular weight is 447 g/mol. The summed E-state index contributed by atoms with van der Waals surface area (Å²) >= 11 is 0. The van der Waals surface area contributed by atoms with Crippen LogP contribution in [0.15, 0.2) is 54.7 Å². The zero-order chi connectivity index (χ0) is 23.0. The Kier molecular flexibility index (Phi) is 7.79. The molecule has 174 valence electrons. The number of amides is 1.